The molecule has 2 fully saturated rings. The molecule has 1 aromatic heterocycles. The fraction of sp³-hybridized carbons (Fsp3) is 0.727. The topological polar surface area (TPSA) is 88.4 Å². The molecule has 1 N–H and O–H groups in total. The van der Waals surface area contributed by atoms with Crippen molar-refractivity contribution in [3.8, 4) is 0 Å². The minimum atomic E-state index is -0.522. The van der Waals surface area contributed by atoms with Crippen LogP contribution in [0.4, 0.5) is 0 Å². The first kappa shape index (κ1) is 11.5. The van der Waals surface area contributed by atoms with Gasteiger partial charge in [0, 0.05) is 25.4 Å². The number of hydrogen-bond acceptors (Lipinski definition) is 5. The van der Waals surface area contributed by atoms with E-state index in [0.29, 0.717) is 25.6 Å². The van der Waals surface area contributed by atoms with E-state index in [1.165, 1.54) is 0 Å². The first-order valence-corrected chi connectivity index (χ1v) is 6.20. The Balaban J connectivity index is 1.57. The maximum atomic E-state index is 11.9. The maximum absolute atomic E-state index is 11.9. The molecule has 0 spiro atoms. The summed E-state index contributed by atoms with van der Waals surface area (Å²) in [5.41, 5.74) is 0. The molecule has 0 aliphatic carbocycles. The molecule has 1 atom stereocenters. The molecular weight excluding hydrogens is 238 g/mol. The maximum Gasteiger partial charge on any atom is 0.434 e. The summed E-state index contributed by atoms with van der Waals surface area (Å²) < 4.78 is 10.1. The van der Waals surface area contributed by atoms with E-state index < -0.39 is 5.76 Å². The van der Waals surface area contributed by atoms with Crippen molar-refractivity contribution in [3.05, 3.63) is 16.4 Å². The Morgan fingerprint density at radius 3 is 2.56 bits per heavy atom. The number of nitrogens with one attached hydrogen (secondary N) is 1. The third-order valence-electron chi connectivity index (χ3n) is 3.59. The van der Waals surface area contributed by atoms with Crippen LogP contribution in [0.3, 0.4) is 0 Å². The van der Waals surface area contributed by atoms with Crippen LogP contribution >= 0.6 is 0 Å². The van der Waals surface area contributed by atoms with Gasteiger partial charge >= 0.3 is 5.76 Å². The van der Waals surface area contributed by atoms with Crippen LogP contribution in [0.15, 0.2) is 9.21 Å². The van der Waals surface area contributed by atoms with Crippen LogP contribution in [0.2, 0.25) is 0 Å². The summed E-state index contributed by atoms with van der Waals surface area (Å²) >= 11 is 0. The summed E-state index contributed by atoms with van der Waals surface area (Å²) in [7, 11) is 0. The number of amides is 1. The molecule has 3 heterocycles. The van der Waals surface area contributed by atoms with Gasteiger partial charge < -0.3 is 14.1 Å². The average molecular weight is 253 g/mol. The molecule has 18 heavy (non-hydrogen) atoms. The number of nitrogens with zero attached hydrogens (tertiary/aromatic N) is 2. The predicted octanol–water partition coefficient (Wildman–Crippen LogP) is -0.142. The molecule has 0 bridgehead atoms. The van der Waals surface area contributed by atoms with E-state index in [4.69, 9.17) is 9.15 Å². The normalized spacial score (nSPS) is 24.9. The Kier molecular flexibility index (Phi) is 2.91. The van der Waals surface area contributed by atoms with Crippen molar-refractivity contribution in [3.63, 3.8) is 0 Å². The van der Waals surface area contributed by atoms with Crippen molar-refractivity contribution in [1.82, 2.24) is 15.1 Å². The Labute approximate surface area is 103 Å². The van der Waals surface area contributed by atoms with Crippen molar-refractivity contribution >= 4 is 5.91 Å². The number of carbonyl (C=O) groups is 1. The highest BCUT2D eigenvalue weighted by atomic mass is 16.5. The van der Waals surface area contributed by atoms with Gasteiger partial charge in [0.15, 0.2) is 0 Å². The van der Waals surface area contributed by atoms with E-state index in [-0.39, 0.29) is 17.9 Å². The number of aromatic amines is 1. The van der Waals surface area contributed by atoms with Crippen LogP contribution in [0.1, 0.15) is 31.1 Å². The molecule has 2 aliphatic rings. The molecule has 2 aliphatic heterocycles. The SMILES string of the molecule is O=C(C1CCO1)N1CCC(c2n[nH]c(=O)o2)CC1. The van der Waals surface area contributed by atoms with Gasteiger partial charge in [0.25, 0.3) is 5.91 Å². The van der Waals surface area contributed by atoms with Crippen LogP contribution < -0.4 is 5.76 Å². The first-order valence-electron chi connectivity index (χ1n) is 6.20. The zero-order valence-corrected chi connectivity index (χ0v) is 9.92. The van der Waals surface area contributed by atoms with Gasteiger partial charge in [-0.2, -0.15) is 0 Å². The van der Waals surface area contributed by atoms with Gasteiger partial charge in [0.05, 0.1) is 6.61 Å². The molecule has 98 valence electrons. The highest BCUT2D eigenvalue weighted by molar-refractivity contribution is 5.81. The number of ether oxygens (including phenoxy) is 1. The van der Waals surface area contributed by atoms with Crippen molar-refractivity contribution in [1.29, 1.82) is 0 Å². The van der Waals surface area contributed by atoms with Gasteiger partial charge in [-0.15, -0.1) is 5.10 Å². The number of hydrogen-bond donors (Lipinski definition) is 1. The van der Waals surface area contributed by atoms with Crippen LogP contribution in [0.25, 0.3) is 0 Å². The lowest BCUT2D eigenvalue weighted by Crippen LogP contribution is -2.48. The summed E-state index contributed by atoms with van der Waals surface area (Å²) in [4.78, 5) is 24.6. The summed E-state index contributed by atoms with van der Waals surface area (Å²) in [6.45, 7) is 2.02. The molecule has 1 amide bonds. The average Bonchev–Trinajstić information content (AvgIpc) is 2.74. The predicted molar refractivity (Wildman–Crippen MR) is 60.0 cm³/mol. The van der Waals surface area contributed by atoms with Crippen LogP contribution in [-0.2, 0) is 9.53 Å². The van der Waals surface area contributed by atoms with E-state index in [2.05, 4.69) is 10.2 Å². The molecule has 7 nitrogen and oxygen atoms in total. The van der Waals surface area contributed by atoms with Crippen LogP contribution in [-0.4, -0.2) is 46.8 Å². The van der Waals surface area contributed by atoms with Gasteiger partial charge in [0.1, 0.15) is 6.10 Å². The quantitative estimate of drug-likeness (QED) is 0.792. The molecule has 0 radical (unpaired) electrons. The van der Waals surface area contributed by atoms with Gasteiger partial charge in [-0.3, -0.25) is 4.79 Å². The molecule has 0 aromatic carbocycles. The fourth-order valence-electron chi connectivity index (χ4n) is 2.40. The van der Waals surface area contributed by atoms with Crippen molar-refractivity contribution < 1.29 is 13.9 Å². The highest BCUT2D eigenvalue weighted by Crippen LogP contribution is 2.27. The van der Waals surface area contributed by atoms with Crippen molar-refractivity contribution in [2.45, 2.75) is 31.3 Å². The molecule has 1 aromatic rings. The molecule has 3 rings (SSSR count). The van der Waals surface area contributed by atoms with E-state index in [1.807, 2.05) is 4.90 Å². The number of likely N-dealkylation sites (tertiary alicyclic amines) is 1. The van der Waals surface area contributed by atoms with Crippen LogP contribution in [0, 0.1) is 0 Å². The summed E-state index contributed by atoms with van der Waals surface area (Å²) in [6, 6.07) is 0. The third-order valence-corrected chi connectivity index (χ3v) is 3.59. The highest BCUT2D eigenvalue weighted by Gasteiger charge is 2.33. The molecule has 1 unspecified atom stereocenters. The van der Waals surface area contributed by atoms with Crippen molar-refractivity contribution in [2.75, 3.05) is 19.7 Å². The number of piperidine rings is 1. The standard InChI is InChI=1S/C11H15N3O4/c15-10(8-3-6-17-8)14-4-1-7(2-5-14)9-12-13-11(16)18-9/h7-8H,1-6H2,(H,13,16). The Morgan fingerprint density at radius 2 is 2.06 bits per heavy atom. The second-order valence-electron chi connectivity index (χ2n) is 4.70. The van der Waals surface area contributed by atoms with Gasteiger partial charge in [0.2, 0.25) is 5.89 Å². The van der Waals surface area contributed by atoms with E-state index in [1.54, 1.807) is 0 Å². The second kappa shape index (κ2) is 4.56. The minimum absolute atomic E-state index is 0.0863. The monoisotopic (exact) mass is 253 g/mol. The lowest BCUT2D eigenvalue weighted by molar-refractivity contribution is -0.157. The lowest BCUT2D eigenvalue weighted by atomic mass is 9.96. The van der Waals surface area contributed by atoms with Gasteiger partial charge in [-0.25, -0.2) is 9.89 Å². The largest absolute Gasteiger partial charge is 0.434 e. The molecule has 0 saturated carbocycles. The zero-order chi connectivity index (χ0) is 12.5. The third kappa shape index (κ3) is 2.05. The first-order chi connectivity index (χ1) is 8.74. The molecular formula is C11H15N3O4. The number of aromatic nitrogens is 2. The van der Waals surface area contributed by atoms with Crippen molar-refractivity contribution in [2.24, 2.45) is 0 Å². The smallest absolute Gasteiger partial charge is 0.392 e. The van der Waals surface area contributed by atoms with E-state index in [0.717, 1.165) is 19.3 Å². The summed E-state index contributed by atoms with van der Waals surface area (Å²) in [5.74, 6) is 0.136. The van der Waals surface area contributed by atoms with Crippen LogP contribution in [0.5, 0.6) is 0 Å². The van der Waals surface area contributed by atoms with Gasteiger partial charge in [-0.05, 0) is 12.8 Å². The molecule has 7 heteroatoms. The summed E-state index contributed by atoms with van der Waals surface area (Å²) in [5, 5.41) is 6.10. The summed E-state index contributed by atoms with van der Waals surface area (Å²) in [6.07, 6.45) is 2.13. The number of rotatable bonds is 2. The number of carbonyl (C=O) groups excluding carboxylic acids is 1. The fourth-order valence-corrected chi connectivity index (χ4v) is 2.40. The van der Waals surface area contributed by atoms with E-state index >= 15 is 0 Å². The number of H-pyrrole nitrogens is 1. The van der Waals surface area contributed by atoms with E-state index in [9.17, 15) is 9.59 Å². The Hall–Kier alpha value is -1.63. The zero-order valence-electron chi connectivity index (χ0n) is 9.92. The molecule has 2 saturated heterocycles. The minimum Gasteiger partial charge on any atom is -0.392 e. The second-order valence-corrected chi connectivity index (χ2v) is 4.70. The Morgan fingerprint density at radius 1 is 1.33 bits per heavy atom. The lowest BCUT2D eigenvalue weighted by Gasteiger charge is -2.35. The van der Waals surface area contributed by atoms with Gasteiger partial charge in [-0.1, -0.05) is 0 Å². The Bertz CT molecular complexity index is 482.